The number of halogens is 1. The maximum absolute atomic E-state index is 13.0. The van der Waals surface area contributed by atoms with Gasteiger partial charge in [0.05, 0.1) is 11.7 Å². The highest BCUT2D eigenvalue weighted by molar-refractivity contribution is 9.10. The first-order valence-electron chi connectivity index (χ1n) is 8.54. The van der Waals surface area contributed by atoms with Gasteiger partial charge in [0.2, 0.25) is 0 Å². The van der Waals surface area contributed by atoms with Crippen LogP contribution >= 0.6 is 27.3 Å². The van der Waals surface area contributed by atoms with Crippen molar-refractivity contribution in [2.75, 3.05) is 0 Å². The second-order valence-electron chi connectivity index (χ2n) is 6.16. The van der Waals surface area contributed by atoms with Crippen molar-refractivity contribution >= 4 is 43.5 Å². The third-order valence-corrected chi connectivity index (χ3v) is 5.67. The number of benzene rings is 2. The molecule has 0 saturated carbocycles. The van der Waals surface area contributed by atoms with Crippen LogP contribution in [0.25, 0.3) is 21.3 Å². The Morgan fingerprint density at radius 3 is 2.61 bits per heavy atom. The maximum atomic E-state index is 13.0. The van der Waals surface area contributed by atoms with Crippen molar-refractivity contribution in [2.45, 2.75) is 13.2 Å². The van der Waals surface area contributed by atoms with E-state index < -0.39 is 5.97 Å². The summed E-state index contributed by atoms with van der Waals surface area (Å²) in [6.45, 7) is -0.00305. The zero-order chi connectivity index (χ0) is 19.5. The topological polar surface area (TPSA) is 61.2 Å². The van der Waals surface area contributed by atoms with E-state index in [2.05, 4.69) is 20.9 Å². The Hall–Kier alpha value is -2.77. The molecule has 140 valence electrons. The van der Waals surface area contributed by atoms with Crippen LogP contribution in [0.2, 0.25) is 0 Å². The van der Waals surface area contributed by atoms with Gasteiger partial charge in [-0.3, -0.25) is 14.2 Å². The number of nitrogens with zero attached hydrogens (tertiary/aromatic N) is 2. The summed E-state index contributed by atoms with van der Waals surface area (Å²) in [7, 11) is 0. The highest BCUT2D eigenvalue weighted by Crippen LogP contribution is 2.31. The molecule has 2 aromatic carbocycles. The number of carbonyl (C=O) groups excluding carboxylic acids is 1. The Balaban J connectivity index is 1.59. The van der Waals surface area contributed by atoms with E-state index >= 15 is 0 Å². The lowest BCUT2D eigenvalue weighted by atomic mass is 10.1. The molecule has 4 aromatic rings. The molecule has 0 bridgehead atoms. The number of fused-ring (bicyclic) bond motifs is 1. The highest BCUT2D eigenvalue weighted by Gasteiger charge is 2.15. The number of hydrogen-bond donors (Lipinski definition) is 0. The zero-order valence-electron chi connectivity index (χ0n) is 14.7. The van der Waals surface area contributed by atoms with Gasteiger partial charge in [0.1, 0.15) is 18.0 Å². The molecule has 0 saturated heterocycles. The molecule has 0 N–H and O–H groups in total. The average molecular weight is 455 g/mol. The van der Waals surface area contributed by atoms with Crippen molar-refractivity contribution in [3.63, 3.8) is 0 Å². The van der Waals surface area contributed by atoms with Gasteiger partial charge in [-0.2, -0.15) is 0 Å². The molecule has 7 heteroatoms. The molecule has 0 spiro atoms. The van der Waals surface area contributed by atoms with E-state index in [1.54, 1.807) is 0 Å². The van der Waals surface area contributed by atoms with Crippen LogP contribution in [-0.2, 0) is 22.7 Å². The van der Waals surface area contributed by atoms with E-state index in [0.717, 1.165) is 21.2 Å². The van der Waals surface area contributed by atoms with Crippen molar-refractivity contribution < 1.29 is 9.53 Å². The fourth-order valence-corrected chi connectivity index (χ4v) is 4.02. The molecule has 0 fully saturated rings. The summed E-state index contributed by atoms with van der Waals surface area (Å²) in [5.74, 6) is -0.479. The van der Waals surface area contributed by atoms with E-state index in [-0.39, 0.29) is 18.7 Å². The summed E-state index contributed by atoms with van der Waals surface area (Å²) < 4.78 is 7.54. The number of carbonyl (C=O) groups is 1. The van der Waals surface area contributed by atoms with Crippen LogP contribution in [-0.4, -0.2) is 15.5 Å². The number of ether oxygens (including phenoxy) is 1. The van der Waals surface area contributed by atoms with Crippen molar-refractivity contribution in [2.24, 2.45) is 0 Å². The molecule has 0 aliphatic rings. The number of thiophene rings is 1. The second kappa shape index (κ2) is 8.08. The van der Waals surface area contributed by atoms with Gasteiger partial charge < -0.3 is 4.74 Å². The van der Waals surface area contributed by atoms with Crippen molar-refractivity contribution in [3.8, 4) is 11.1 Å². The van der Waals surface area contributed by atoms with Crippen LogP contribution in [0.3, 0.4) is 0 Å². The summed E-state index contributed by atoms with van der Waals surface area (Å²) in [5, 5.41) is 2.44. The first kappa shape index (κ1) is 18.6. The Bertz CT molecular complexity index is 1180. The normalized spacial score (nSPS) is 10.9. The molecule has 5 nitrogen and oxygen atoms in total. The van der Waals surface area contributed by atoms with E-state index in [0.29, 0.717) is 10.2 Å². The highest BCUT2D eigenvalue weighted by atomic mass is 79.9. The van der Waals surface area contributed by atoms with Gasteiger partial charge >= 0.3 is 5.97 Å². The minimum Gasteiger partial charge on any atom is -0.459 e. The molecule has 0 aliphatic heterocycles. The molecule has 2 aromatic heterocycles. The van der Waals surface area contributed by atoms with E-state index in [4.69, 9.17) is 4.74 Å². The van der Waals surface area contributed by atoms with Crippen LogP contribution in [0.15, 0.2) is 75.6 Å². The minimum atomic E-state index is -0.479. The van der Waals surface area contributed by atoms with Gasteiger partial charge in [0.25, 0.3) is 5.56 Å². The fourth-order valence-electron chi connectivity index (χ4n) is 2.84. The molecule has 0 unspecified atom stereocenters. The quantitative estimate of drug-likeness (QED) is 0.412. The average Bonchev–Trinajstić information content (AvgIpc) is 3.15. The molecule has 4 rings (SSSR count). The van der Waals surface area contributed by atoms with Gasteiger partial charge in [-0.05, 0) is 23.3 Å². The molecular weight excluding hydrogens is 440 g/mol. The number of rotatable bonds is 5. The first-order chi connectivity index (χ1) is 13.6. The molecule has 0 atom stereocenters. The summed E-state index contributed by atoms with van der Waals surface area (Å²) in [5.41, 5.74) is 2.39. The Morgan fingerprint density at radius 1 is 1.11 bits per heavy atom. The summed E-state index contributed by atoms with van der Waals surface area (Å²) in [6, 6.07) is 17.1. The molecule has 2 heterocycles. The van der Waals surface area contributed by atoms with Gasteiger partial charge in [-0.15, -0.1) is 11.3 Å². The Labute approximate surface area is 173 Å². The summed E-state index contributed by atoms with van der Waals surface area (Å²) in [4.78, 5) is 30.2. The Morgan fingerprint density at radius 2 is 1.86 bits per heavy atom. The van der Waals surface area contributed by atoms with E-state index in [1.807, 2.05) is 60.0 Å². The lowest BCUT2D eigenvalue weighted by Crippen LogP contribution is -2.25. The van der Waals surface area contributed by atoms with Gasteiger partial charge in [0.15, 0.2) is 0 Å². The smallest absolute Gasteiger partial charge is 0.326 e. The van der Waals surface area contributed by atoms with E-state index in [9.17, 15) is 9.59 Å². The van der Waals surface area contributed by atoms with E-state index in [1.165, 1.54) is 22.2 Å². The van der Waals surface area contributed by atoms with Crippen molar-refractivity contribution in [1.82, 2.24) is 9.55 Å². The number of hydrogen-bond acceptors (Lipinski definition) is 5. The molecule has 0 radical (unpaired) electrons. The number of aromatic nitrogens is 2. The third kappa shape index (κ3) is 3.90. The monoisotopic (exact) mass is 454 g/mol. The van der Waals surface area contributed by atoms with Crippen LogP contribution in [0.5, 0.6) is 0 Å². The molecule has 0 amide bonds. The maximum Gasteiger partial charge on any atom is 0.326 e. The molecule has 28 heavy (non-hydrogen) atoms. The van der Waals surface area contributed by atoms with Gasteiger partial charge in [-0.1, -0.05) is 58.4 Å². The SMILES string of the molecule is O=C(Cn1cnc2scc(-c3ccc(Br)cc3)c2c1=O)OCc1ccccc1. The van der Waals surface area contributed by atoms with Crippen LogP contribution in [0.4, 0.5) is 0 Å². The minimum absolute atomic E-state index is 0.173. The Kier molecular flexibility index (Phi) is 5.36. The standard InChI is InChI=1S/C21H15BrN2O3S/c22-16-8-6-15(7-9-16)17-12-28-20-19(17)21(26)24(13-23-20)10-18(25)27-11-14-4-2-1-3-5-14/h1-9,12-13H,10-11H2. The van der Waals surface area contributed by atoms with Crippen LogP contribution < -0.4 is 5.56 Å². The lowest BCUT2D eigenvalue weighted by Gasteiger charge is -2.07. The fraction of sp³-hybridized carbons (Fsp3) is 0.0952. The lowest BCUT2D eigenvalue weighted by molar-refractivity contribution is -0.145. The zero-order valence-corrected chi connectivity index (χ0v) is 17.1. The molecular formula is C21H15BrN2O3S. The third-order valence-electron chi connectivity index (χ3n) is 4.26. The predicted octanol–water partition coefficient (Wildman–Crippen LogP) is 4.63. The predicted molar refractivity (Wildman–Crippen MR) is 113 cm³/mol. The van der Waals surface area contributed by atoms with Gasteiger partial charge in [0, 0.05) is 15.4 Å². The van der Waals surface area contributed by atoms with Crippen molar-refractivity contribution in [1.29, 1.82) is 0 Å². The summed E-state index contributed by atoms with van der Waals surface area (Å²) in [6.07, 6.45) is 1.40. The second-order valence-corrected chi connectivity index (χ2v) is 7.93. The summed E-state index contributed by atoms with van der Waals surface area (Å²) >= 11 is 4.83. The van der Waals surface area contributed by atoms with Crippen LogP contribution in [0.1, 0.15) is 5.56 Å². The van der Waals surface area contributed by atoms with Crippen LogP contribution in [0, 0.1) is 0 Å². The first-order valence-corrected chi connectivity index (χ1v) is 10.2. The largest absolute Gasteiger partial charge is 0.459 e. The van der Waals surface area contributed by atoms with Crippen molar-refractivity contribution in [3.05, 3.63) is 86.7 Å². The number of esters is 1. The molecule has 0 aliphatic carbocycles. The van der Waals surface area contributed by atoms with Gasteiger partial charge in [-0.25, -0.2) is 4.98 Å².